The first-order valence-electron chi connectivity index (χ1n) is 4.49. The molecule has 0 N–H and O–H groups in total. The van der Waals surface area contributed by atoms with Crippen molar-refractivity contribution in [2.45, 2.75) is 6.92 Å². The third-order valence-electron chi connectivity index (χ3n) is 1.94. The molecule has 0 bridgehead atoms. The number of aryl methyl sites for hydroxylation is 1. The summed E-state index contributed by atoms with van der Waals surface area (Å²) in [5.41, 5.74) is 0.639. The van der Waals surface area contributed by atoms with Gasteiger partial charge in [-0.3, -0.25) is 10.1 Å². The topological polar surface area (TPSA) is 78.2 Å². The number of nitro benzene ring substituents is 1. The minimum Gasteiger partial charge on any atom is -0.428 e. The van der Waals surface area contributed by atoms with Gasteiger partial charge in [0, 0.05) is 6.07 Å². The molecule has 2 rings (SSSR count). The molecule has 17 heavy (non-hydrogen) atoms. The van der Waals surface area contributed by atoms with E-state index in [1.54, 1.807) is 13.0 Å². The van der Waals surface area contributed by atoms with Crippen LogP contribution in [0.4, 0.5) is 5.69 Å². The summed E-state index contributed by atoms with van der Waals surface area (Å²) in [5, 5.41) is 10.9. The fourth-order valence-corrected chi connectivity index (χ4v) is 1.80. The molecule has 0 atom stereocenters. The third kappa shape index (κ3) is 2.51. The van der Waals surface area contributed by atoms with Gasteiger partial charge in [-0.25, -0.2) is 0 Å². The number of rotatable bonds is 3. The molecule has 2 aromatic rings. The lowest BCUT2D eigenvalue weighted by molar-refractivity contribution is -0.385. The van der Waals surface area contributed by atoms with Crippen molar-refractivity contribution in [2.75, 3.05) is 0 Å². The number of halogens is 1. The highest BCUT2D eigenvalue weighted by Crippen LogP contribution is 2.33. The van der Waals surface area contributed by atoms with Crippen LogP contribution in [0.2, 0.25) is 5.15 Å². The molecule has 0 unspecified atom stereocenters. The van der Waals surface area contributed by atoms with Crippen molar-refractivity contribution in [3.8, 4) is 11.6 Å². The van der Waals surface area contributed by atoms with Gasteiger partial charge < -0.3 is 4.74 Å². The summed E-state index contributed by atoms with van der Waals surface area (Å²) in [5.74, 6) is 0.166. The van der Waals surface area contributed by atoms with E-state index in [1.807, 2.05) is 0 Å². The van der Waals surface area contributed by atoms with E-state index >= 15 is 0 Å². The zero-order chi connectivity index (χ0) is 12.4. The van der Waals surface area contributed by atoms with Crippen LogP contribution in [0, 0.1) is 17.0 Å². The number of hydrogen-bond acceptors (Lipinski definition) is 6. The first-order chi connectivity index (χ1) is 8.08. The standard InChI is InChI=1S/C9H6ClN3O3S/c1-5-2-3-7(6(4-5)13(14)15)16-9-8(10)11-17-12-9/h2-4H,1H3. The van der Waals surface area contributed by atoms with Crippen LogP contribution in [0.25, 0.3) is 0 Å². The van der Waals surface area contributed by atoms with Gasteiger partial charge in [-0.2, -0.15) is 4.37 Å². The molecule has 0 aliphatic carbocycles. The molecule has 88 valence electrons. The average molecular weight is 272 g/mol. The van der Waals surface area contributed by atoms with Crippen molar-refractivity contribution in [1.29, 1.82) is 0 Å². The normalized spacial score (nSPS) is 10.2. The van der Waals surface area contributed by atoms with Crippen LogP contribution in [0.5, 0.6) is 11.6 Å². The van der Waals surface area contributed by atoms with Gasteiger partial charge in [-0.05, 0) is 18.6 Å². The molecule has 0 aliphatic heterocycles. The van der Waals surface area contributed by atoms with E-state index in [9.17, 15) is 10.1 Å². The summed E-state index contributed by atoms with van der Waals surface area (Å²) in [4.78, 5) is 10.3. The number of nitro groups is 1. The summed E-state index contributed by atoms with van der Waals surface area (Å²) in [6.07, 6.45) is 0. The maximum Gasteiger partial charge on any atom is 0.311 e. The fourth-order valence-electron chi connectivity index (χ4n) is 1.19. The van der Waals surface area contributed by atoms with Crippen molar-refractivity contribution in [3.63, 3.8) is 0 Å². The summed E-state index contributed by atoms with van der Waals surface area (Å²) in [7, 11) is 0. The maximum absolute atomic E-state index is 10.8. The van der Waals surface area contributed by atoms with Crippen LogP contribution in [0.3, 0.4) is 0 Å². The quantitative estimate of drug-likeness (QED) is 0.633. The van der Waals surface area contributed by atoms with Gasteiger partial charge in [-0.15, -0.1) is 4.37 Å². The second-order valence-corrected chi connectivity index (χ2v) is 4.08. The van der Waals surface area contributed by atoms with Crippen LogP contribution in [-0.2, 0) is 0 Å². The predicted molar refractivity (Wildman–Crippen MR) is 62.8 cm³/mol. The van der Waals surface area contributed by atoms with Gasteiger partial charge in [0.1, 0.15) is 0 Å². The molecular formula is C9H6ClN3O3S. The lowest BCUT2D eigenvalue weighted by Crippen LogP contribution is -1.94. The molecule has 1 aromatic heterocycles. The number of hydrogen-bond donors (Lipinski definition) is 0. The molecule has 0 spiro atoms. The lowest BCUT2D eigenvalue weighted by Gasteiger charge is -2.03. The van der Waals surface area contributed by atoms with Crippen LogP contribution in [0.1, 0.15) is 5.56 Å². The van der Waals surface area contributed by atoms with E-state index in [1.165, 1.54) is 12.1 Å². The van der Waals surface area contributed by atoms with E-state index in [4.69, 9.17) is 16.3 Å². The summed E-state index contributed by atoms with van der Waals surface area (Å²) < 4.78 is 12.8. The van der Waals surface area contributed by atoms with Crippen molar-refractivity contribution in [2.24, 2.45) is 0 Å². The molecule has 0 radical (unpaired) electrons. The second kappa shape index (κ2) is 4.64. The number of nitrogens with zero attached hydrogens (tertiary/aromatic N) is 3. The van der Waals surface area contributed by atoms with Gasteiger partial charge >= 0.3 is 5.69 Å². The Bertz CT molecular complexity index is 572. The molecule has 0 saturated heterocycles. The Morgan fingerprint density at radius 3 is 2.82 bits per heavy atom. The smallest absolute Gasteiger partial charge is 0.311 e. The molecule has 1 heterocycles. The Morgan fingerprint density at radius 2 is 2.24 bits per heavy atom. The first kappa shape index (κ1) is 11.7. The summed E-state index contributed by atoms with van der Waals surface area (Å²) in [6.45, 7) is 1.76. The van der Waals surface area contributed by atoms with E-state index in [2.05, 4.69) is 8.75 Å². The number of ether oxygens (including phenoxy) is 1. The third-order valence-corrected chi connectivity index (χ3v) is 2.80. The zero-order valence-corrected chi connectivity index (χ0v) is 10.2. The van der Waals surface area contributed by atoms with Gasteiger partial charge in [-0.1, -0.05) is 17.7 Å². The Hall–Kier alpha value is -1.73. The number of aromatic nitrogens is 2. The van der Waals surface area contributed by atoms with Crippen molar-refractivity contribution in [3.05, 3.63) is 39.0 Å². The SMILES string of the molecule is Cc1ccc(Oc2nsnc2Cl)c([N+](=O)[O-])c1. The largest absolute Gasteiger partial charge is 0.428 e. The van der Waals surface area contributed by atoms with Gasteiger partial charge in [0.05, 0.1) is 16.7 Å². The van der Waals surface area contributed by atoms with Crippen LogP contribution >= 0.6 is 23.3 Å². The molecule has 1 aromatic carbocycles. The van der Waals surface area contributed by atoms with Crippen molar-refractivity contribution < 1.29 is 9.66 Å². The fraction of sp³-hybridized carbons (Fsp3) is 0.111. The predicted octanol–water partition coefficient (Wildman–Crippen LogP) is 3.20. The van der Waals surface area contributed by atoms with Crippen molar-refractivity contribution in [1.82, 2.24) is 8.75 Å². The molecule has 0 amide bonds. The Kier molecular flexibility index (Phi) is 3.21. The first-order valence-corrected chi connectivity index (χ1v) is 5.59. The highest BCUT2D eigenvalue weighted by atomic mass is 35.5. The van der Waals surface area contributed by atoms with E-state index < -0.39 is 4.92 Å². The average Bonchev–Trinajstić information content (AvgIpc) is 2.67. The minimum absolute atomic E-state index is 0.0728. The van der Waals surface area contributed by atoms with Gasteiger partial charge in [0.15, 0.2) is 0 Å². The van der Waals surface area contributed by atoms with E-state index in [0.29, 0.717) is 0 Å². The highest BCUT2D eigenvalue weighted by Gasteiger charge is 2.18. The monoisotopic (exact) mass is 271 g/mol. The molecular weight excluding hydrogens is 266 g/mol. The van der Waals surface area contributed by atoms with E-state index in [0.717, 1.165) is 17.3 Å². The lowest BCUT2D eigenvalue weighted by atomic mass is 10.2. The summed E-state index contributed by atoms with van der Waals surface area (Å²) >= 11 is 6.57. The Labute approximate surface area is 105 Å². The molecule has 0 fully saturated rings. The van der Waals surface area contributed by atoms with Gasteiger partial charge in [0.2, 0.25) is 10.9 Å². The number of benzene rings is 1. The summed E-state index contributed by atoms with van der Waals surface area (Å²) in [6, 6.07) is 4.63. The maximum atomic E-state index is 10.8. The highest BCUT2D eigenvalue weighted by molar-refractivity contribution is 6.99. The van der Waals surface area contributed by atoms with Crippen LogP contribution in [-0.4, -0.2) is 13.7 Å². The molecule has 0 saturated carbocycles. The minimum atomic E-state index is -0.518. The van der Waals surface area contributed by atoms with Gasteiger partial charge in [0.25, 0.3) is 5.88 Å². The second-order valence-electron chi connectivity index (χ2n) is 3.19. The molecule has 6 nitrogen and oxygen atoms in total. The molecule has 0 aliphatic rings. The van der Waals surface area contributed by atoms with E-state index in [-0.39, 0.29) is 22.5 Å². The zero-order valence-electron chi connectivity index (χ0n) is 8.58. The van der Waals surface area contributed by atoms with Crippen molar-refractivity contribution >= 4 is 29.0 Å². The van der Waals surface area contributed by atoms with Crippen LogP contribution < -0.4 is 4.74 Å². The Balaban J connectivity index is 2.39. The molecule has 8 heteroatoms. The Morgan fingerprint density at radius 1 is 1.47 bits per heavy atom. The van der Waals surface area contributed by atoms with Crippen LogP contribution in [0.15, 0.2) is 18.2 Å².